The van der Waals surface area contributed by atoms with Crippen LogP contribution in [-0.4, -0.2) is 7.11 Å². The van der Waals surface area contributed by atoms with E-state index in [0.717, 1.165) is 17.9 Å². The molecular weight excluding hydrogens is 174 g/mol. The molecule has 0 aromatic heterocycles. The van der Waals surface area contributed by atoms with Crippen LogP contribution in [0.3, 0.4) is 0 Å². The first kappa shape index (κ1) is 9.13. The van der Waals surface area contributed by atoms with Crippen molar-refractivity contribution in [1.82, 2.24) is 0 Å². The number of methoxy groups -OCH3 is 1. The highest BCUT2D eigenvalue weighted by Gasteiger charge is 2.17. The Bertz CT molecular complexity index is 419. The molecule has 1 aliphatic rings. The lowest BCUT2D eigenvalue weighted by atomic mass is 10.1. The summed E-state index contributed by atoms with van der Waals surface area (Å²) in [6.07, 6.45) is 1.03. The van der Waals surface area contributed by atoms with Gasteiger partial charge in [-0.15, -0.1) is 0 Å². The summed E-state index contributed by atoms with van der Waals surface area (Å²) >= 11 is 0. The second kappa shape index (κ2) is 3.05. The van der Waals surface area contributed by atoms with Gasteiger partial charge in [-0.3, -0.25) is 0 Å². The average molecular weight is 189 g/mol. The highest BCUT2D eigenvalue weighted by molar-refractivity contribution is 5.78. The molecule has 74 valence electrons. The number of nitrogen functional groups attached to an aromatic ring is 1. The van der Waals surface area contributed by atoms with Crippen LogP contribution in [0.4, 0.5) is 5.69 Å². The van der Waals surface area contributed by atoms with Crippen molar-refractivity contribution in [3.63, 3.8) is 0 Å². The normalized spacial score (nSPS) is 14.5. The van der Waals surface area contributed by atoms with E-state index in [9.17, 15) is 0 Å². The standard InChI is InChI=1S/C12H15NO/c1-7-4-9-5-12(14-3)11(13)6-10(9)8(7)2/h5-6H,4,13H2,1-3H3. The fourth-order valence-corrected chi connectivity index (χ4v) is 1.96. The Morgan fingerprint density at radius 2 is 2.00 bits per heavy atom. The van der Waals surface area contributed by atoms with Crippen molar-refractivity contribution in [1.29, 1.82) is 0 Å². The molecule has 2 nitrogen and oxygen atoms in total. The highest BCUT2D eigenvalue weighted by atomic mass is 16.5. The molecule has 0 saturated carbocycles. The quantitative estimate of drug-likeness (QED) is 0.689. The maximum Gasteiger partial charge on any atom is 0.142 e. The van der Waals surface area contributed by atoms with Crippen molar-refractivity contribution < 1.29 is 4.74 Å². The molecule has 0 aliphatic heterocycles. The van der Waals surface area contributed by atoms with Crippen molar-refractivity contribution in [2.45, 2.75) is 20.3 Å². The lowest BCUT2D eigenvalue weighted by Crippen LogP contribution is -1.95. The van der Waals surface area contributed by atoms with E-state index in [-0.39, 0.29) is 0 Å². The summed E-state index contributed by atoms with van der Waals surface area (Å²) in [6.45, 7) is 4.31. The first-order valence-corrected chi connectivity index (χ1v) is 4.76. The van der Waals surface area contributed by atoms with Crippen molar-refractivity contribution in [2.75, 3.05) is 12.8 Å². The van der Waals surface area contributed by atoms with E-state index >= 15 is 0 Å². The lowest BCUT2D eigenvalue weighted by Gasteiger charge is -2.08. The van der Waals surface area contributed by atoms with Gasteiger partial charge < -0.3 is 10.5 Å². The molecule has 0 amide bonds. The second-order valence-electron chi connectivity index (χ2n) is 3.83. The molecule has 0 bridgehead atoms. The van der Waals surface area contributed by atoms with Crippen LogP contribution >= 0.6 is 0 Å². The van der Waals surface area contributed by atoms with Gasteiger partial charge in [0.15, 0.2) is 0 Å². The fraction of sp³-hybridized carbons (Fsp3) is 0.333. The van der Waals surface area contributed by atoms with E-state index in [0.29, 0.717) is 0 Å². The first-order chi connectivity index (χ1) is 6.63. The van der Waals surface area contributed by atoms with Gasteiger partial charge in [0.1, 0.15) is 5.75 Å². The van der Waals surface area contributed by atoms with Crippen LogP contribution in [0.1, 0.15) is 25.0 Å². The predicted octanol–water partition coefficient (Wildman–Crippen LogP) is 2.63. The second-order valence-corrected chi connectivity index (χ2v) is 3.83. The first-order valence-electron chi connectivity index (χ1n) is 4.76. The minimum absolute atomic E-state index is 0.723. The van der Waals surface area contributed by atoms with Gasteiger partial charge in [0.05, 0.1) is 12.8 Å². The number of hydrogen-bond donors (Lipinski definition) is 1. The SMILES string of the molecule is COc1cc2c(cc1N)C(C)=C(C)C2. The number of anilines is 1. The van der Waals surface area contributed by atoms with E-state index in [2.05, 4.69) is 13.8 Å². The van der Waals surface area contributed by atoms with Crippen molar-refractivity contribution >= 4 is 11.3 Å². The Morgan fingerprint density at radius 3 is 2.64 bits per heavy atom. The molecule has 14 heavy (non-hydrogen) atoms. The van der Waals surface area contributed by atoms with Gasteiger partial charge in [0.25, 0.3) is 0 Å². The molecule has 0 saturated heterocycles. The highest BCUT2D eigenvalue weighted by Crippen LogP contribution is 2.37. The summed E-state index contributed by atoms with van der Waals surface area (Å²) in [5.74, 6) is 0.784. The van der Waals surface area contributed by atoms with E-state index in [4.69, 9.17) is 10.5 Å². The lowest BCUT2D eigenvalue weighted by molar-refractivity contribution is 0.416. The summed E-state index contributed by atoms with van der Waals surface area (Å²) in [5.41, 5.74) is 12.0. The minimum Gasteiger partial charge on any atom is -0.495 e. The van der Waals surface area contributed by atoms with Crippen molar-refractivity contribution in [2.24, 2.45) is 0 Å². The number of allylic oxidation sites excluding steroid dienone is 2. The predicted molar refractivity (Wildman–Crippen MR) is 59.4 cm³/mol. The molecule has 0 radical (unpaired) electrons. The number of rotatable bonds is 1. The maximum atomic E-state index is 5.86. The summed E-state index contributed by atoms with van der Waals surface area (Å²) in [5, 5.41) is 0. The molecule has 0 fully saturated rings. The Kier molecular flexibility index (Phi) is 1.99. The van der Waals surface area contributed by atoms with Gasteiger partial charge in [0, 0.05) is 0 Å². The zero-order valence-corrected chi connectivity index (χ0v) is 8.85. The summed E-state index contributed by atoms with van der Waals surface area (Å²) < 4.78 is 5.20. The molecule has 2 heteroatoms. The molecule has 0 atom stereocenters. The Hall–Kier alpha value is -1.44. The monoisotopic (exact) mass is 189 g/mol. The molecular formula is C12H15NO. The smallest absolute Gasteiger partial charge is 0.142 e. The van der Waals surface area contributed by atoms with Gasteiger partial charge in [-0.25, -0.2) is 0 Å². The molecule has 0 heterocycles. The minimum atomic E-state index is 0.723. The van der Waals surface area contributed by atoms with E-state index in [1.54, 1.807) is 7.11 Å². The summed E-state index contributed by atoms with van der Waals surface area (Å²) in [7, 11) is 1.65. The maximum absolute atomic E-state index is 5.86. The molecule has 1 aromatic rings. The number of fused-ring (bicyclic) bond motifs is 1. The zero-order chi connectivity index (χ0) is 10.3. The number of benzene rings is 1. The Morgan fingerprint density at radius 1 is 1.29 bits per heavy atom. The third-order valence-corrected chi connectivity index (χ3v) is 2.96. The Balaban J connectivity index is 2.56. The van der Waals surface area contributed by atoms with Crippen LogP contribution < -0.4 is 10.5 Å². The third kappa shape index (κ3) is 1.18. The van der Waals surface area contributed by atoms with Gasteiger partial charge in [0.2, 0.25) is 0 Å². The number of hydrogen-bond acceptors (Lipinski definition) is 2. The molecule has 0 unspecified atom stereocenters. The zero-order valence-electron chi connectivity index (χ0n) is 8.85. The topological polar surface area (TPSA) is 35.2 Å². The molecule has 2 rings (SSSR count). The van der Waals surface area contributed by atoms with E-state index in [1.165, 1.54) is 22.3 Å². The summed E-state index contributed by atoms with van der Waals surface area (Å²) in [4.78, 5) is 0. The van der Waals surface area contributed by atoms with Crippen molar-refractivity contribution in [3.05, 3.63) is 28.8 Å². The van der Waals surface area contributed by atoms with Crippen LogP contribution in [0.15, 0.2) is 17.7 Å². The van der Waals surface area contributed by atoms with Crippen LogP contribution in [0.2, 0.25) is 0 Å². The molecule has 1 aromatic carbocycles. The van der Waals surface area contributed by atoms with Gasteiger partial charge in [-0.05, 0) is 49.1 Å². The molecule has 0 spiro atoms. The van der Waals surface area contributed by atoms with Gasteiger partial charge in [-0.1, -0.05) is 5.57 Å². The van der Waals surface area contributed by atoms with E-state index in [1.807, 2.05) is 12.1 Å². The number of ether oxygens (including phenoxy) is 1. The summed E-state index contributed by atoms with van der Waals surface area (Å²) in [6, 6.07) is 4.06. The third-order valence-electron chi connectivity index (χ3n) is 2.96. The van der Waals surface area contributed by atoms with Crippen LogP contribution in [-0.2, 0) is 6.42 Å². The Labute approximate surface area is 84.4 Å². The van der Waals surface area contributed by atoms with E-state index < -0.39 is 0 Å². The average Bonchev–Trinajstić information content (AvgIpc) is 2.43. The van der Waals surface area contributed by atoms with Crippen LogP contribution in [0, 0.1) is 0 Å². The van der Waals surface area contributed by atoms with Gasteiger partial charge >= 0.3 is 0 Å². The van der Waals surface area contributed by atoms with Crippen molar-refractivity contribution in [3.8, 4) is 5.75 Å². The molecule has 1 aliphatic carbocycles. The van der Waals surface area contributed by atoms with Crippen LogP contribution in [0.5, 0.6) is 5.75 Å². The largest absolute Gasteiger partial charge is 0.495 e. The number of nitrogens with two attached hydrogens (primary N) is 1. The van der Waals surface area contributed by atoms with Crippen LogP contribution in [0.25, 0.3) is 5.57 Å². The van der Waals surface area contributed by atoms with Gasteiger partial charge in [-0.2, -0.15) is 0 Å². The fourth-order valence-electron chi connectivity index (χ4n) is 1.96. The molecule has 2 N–H and O–H groups in total.